The third-order valence-electron chi connectivity index (χ3n) is 4.50. The van der Waals surface area contributed by atoms with Crippen LogP contribution in [0.1, 0.15) is 17.7 Å². The van der Waals surface area contributed by atoms with Crippen molar-refractivity contribution in [1.82, 2.24) is 9.55 Å². The number of nitrogens with zero attached hydrogens (tertiary/aromatic N) is 2. The molecule has 6 nitrogen and oxygen atoms in total. The highest BCUT2D eigenvalue weighted by Gasteiger charge is 2.22. The van der Waals surface area contributed by atoms with Gasteiger partial charge < -0.3 is 10.2 Å². The van der Waals surface area contributed by atoms with E-state index in [0.717, 1.165) is 37.1 Å². The summed E-state index contributed by atoms with van der Waals surface area (Å²) in [6.45, 7) is 1.52. The number of benzene rings is 1. The molecule has 0 spiro atoms. The van der Waals surface area contributed by atoms with E-state index in [4.69, 9.17) is 0 Å². The first kappa shape index (κ1) is 19.6. The molecular weight excluding hydrogens is 367 g/mol. The number of carbonyl (C=O) groups is 1. The van der Waals surface area contributed by atoms with E-state index in [0.29, 0.717) is 17.3 Å². The van der Waals surface area contributed by atoms with E-state index in [1.807, 2.05) is 0 Å². The maximum atomic E-state index is 12.9. The molecule has 0 radical (unpaired) electrons. The Hall–Kier alpha value is -2.19. The van der Waals surface area contributed by atoms with Crippen molar-refractivity contribution in [3.05, 3.63) is 51.8 Å². The van der Waals surface area contributed by atoms with Crippen LogP contribution in [0.4, 0.5) is 10.1 Å². The fraction of sp³-hybridized carbons (Fsp3) is 0.421. The predicted molar refractivity (Wildman–Crippen MR) is 104 cm³/mol. The quantitative estimate of drug-likeness (QED) is 0.540. The summed E-state index contributed by atoms with van der Waals surface area (Å²) < 4.78 is 14.7. The Labute approximate surface area is 161 Å². The smallest absolute Gasteiger partial charge is 0.338 e. The summed E-state index contributed by atoms with van der Waals surface area (Å²) in [6, 6.07) is 5.63. The minimum absolute atomic E-state index is 0.155. The number of rotatable bonds is 7. The zero-order chi connectivity index (χ0) is 19.4. The van der Waals surface area contributed by atoms with E-state index < -0.39 is 0 Å². The van der Waals surface area contributed by atoms with E-state index in [1.165, 1.54) is 40.9 Å². The molecule has 1 aliphatic carbocycles. The van der Waals surface area contributed by atoms with Gasteiger partial charge in [0.15, 0.2) is 0 Å². The number of thioether (sulfide) groups is 1. The van der Waals surface area contributed by atoms with E-state index in [9.17, 15) is 14.0 Å². The first-order chi connectivity index (χ1) is 12.9. The lowest BCUT2D eigenvalue weighted by molar-refractivity contribution is -0.859. The average Bonchev–Trinajstić information content (AvgIpc) is 3.10. The molecule has 27 heavy (non-hydrogen) atoms. The van der Waals surface area contributed by atoms with Crippen molar-refractivity contribution in [3.63, 3.8) is 0 Å². The number of amides is 1. The van der Waals surface area contributed by atoms with Gasteiger partial charge in [-0.25, -0.2) is 9.18 Å². The van der Waals surface area contributed by atoms with Gasteiger partial charge in [-0.1, -0.05) is 11.8 Å². The number of carbonyl (C=O) groups excluding carboxylic acids is 1. The Balaban J connectivity index is 1.69. The number of aromatic nitrogens is 2. The molecule has 1 aliphatic rings. The molecule has 1 aromatic heterocycles. The van der Waals surface area contributed by atoms with E-state index in [2.05, 4.69) is 24.4 Å². The molecule has 8 heteroatoms. The molecule has 3 rings (SSSR count). The van der Waals surface area contributed by atoms with Gasteiger partial charge in [0.1, 0.15) is 10.8 Å². The van der Waals surface area contributed by atoms with Crippen LogP contribution in [0.3, 0.4) is 0 Å². The van der Waals surface area contributed by atoms with E-state index >= 15 is 0 Å². The molecule has 1 heterocycles. The molecule has 2 aromatic rings. The summed E-state index contributed by atoms with van der Waals surface area (Å²) in [5.74, 6) is -0.402. The SMILES string of the molecule is C[NH+](C)CCn1c2c(c(SCC(=O)Nc3ccc(F)cc3)nc1=O)CCC2. The van der Waals surface area contributed by atoms with Crippen molar-refractivity contribution in [2.75, 3.05) is 31.7 Å². The van der Waals surface area contributed by atoms with Crippen molar-refractivity contribution in [2.45, 2.75) is 30.8 Å². The van der Waals surface area contributed by atoms with Gasteiger partial charge in [-0.2, -0.15) is 4.98 Å². The highest BCUT2D eigenvalue weighted by atomic mass is 32.2. The van der Waals surface area contributed by atoms with Crippen molar-refractivity contribution >= 4 is 23.4 Å². The second-order valence-electron chi connectivity index (χ2n) is 6.93. The standard InChI is InChI=1S/C19H23FN4O2S/c1-23(2)10-11-24-16-5-3-4-15(16)18(22-19(24)26)27-12-17(25)21-14-8-6-13(20)7-9-14/h6-9H,3-5,10-12H2,1-2H3,(H,21,25)/p+1. The normalized spacial score (nSPS) is 13.0. The molecule has 1 amide bonds. The van der Waals surface area contributed by atoms with Crippen LogP contribution in [0.15, 0.2) is 34.1 Å². The first-order valence-corrected chi connectivity index (χ1v) is 10.0. The molecular formula is C19H24FN4O2S+. The van der Waals surface area contributed by atoms with Crippen LogP contribution in [-0.2, 0) is 24.2 Å². The van der Waals surface area contributed by atoms with Crippen LogP contribution in [0.2, 0.25) is 0 Å². The number of quaternary nitrogens is 1. The predicted octanol–water partition coefficient (Wildman–Crippen LogP) is 0.746. The molecule has 0 saturated heterocycles. The third kappa shape index (κ3) is 4.95. The summed E-state index contributed by atoms with van der Waals surface area (Å²) >= 11 is 1.29. The molecule has 0 unspecified atom stereocenters. The van der Waals surface area contributed by atoms with Crippen LogP contribution in [0, 0.1) is 5.82 Å². The number of likely N-dealkylation sites (N-methyl/N-ethyl adjacent to an activating group) is 1. The zero-order valence-electron chi connectivity index (χ0n) is 15.5. The molecule has 144 valence electrons. The number of anilines is 1. The summed E-state index contributed by atoms with van der Waals surface area (Å²) in [5, 5.41) is 3.39. The lowest BCUT2D eigenvalue weighted by atomic mass is 10.2. The van der Waals surface area contributed by atoms with Crippen molar-refractivity contribution in [1.29, 1.82) is 0 Å². The maximum absolute atomic E-state index is 12.9. The molecule has 1 aromatic carbocycles. The molecule has 0 bridgehead atoms. The van der Waals surface area contributed by atoms with Gasteiger partial charge in [0.25, 0.3) is 0 Å². The molecule has 2 N–H and O–H groups in total. The highest BCUT2D eigenvalue weighted by Crippen LogP contribution is 2.29. The van der Waals surface area contributed by atoms with Gasteiger partial charge >= 0.3 is 5.69 Å². The highest BCUT2D eigenvalue weighted by molar-refractivity contribution is 8.00. The van der Waals surface area contributed by atoms with Gasteiger partial charge in [0, 0.05) is 16.9 Å². The molecule has 0 fully saturated rings. The van der Waals surface area contributed by atoms with Crippen molar-refractivity contribution < 1.29 is 14.1 Å². The number of fused-ring (bicyclic) bond motifs is 1. The fourth-order valence-corrected chi connectivity index (χ4v) is 4.01. The second-order valence-corrected chi connectivity index (χ2v) is 7.89. The van der Waals surface area contributed by atoms with E-state index in [1.54, 1.807) is 4.57 Å². The average molecular weight is 391 g/mol. The Kier molecular flexibility index (Phi) is 6.28. The number of hydrogen-bond acceptors (Lipinski definition) is 4. The zero-order valence-corrected chi connectivity index (χ0v) is 16.4. The topological polar surface area (TPSA) is 68.4 Å². The molecule has 0 saturated carbocycles. The largest absolute Gasteiger partial charge is 0.349 e. The number of hydrogen-bond donors (Lipinski definition) is 2. The minimum Gasteiger partial charge on any atom is -0.338 e. The Morgan fingerprint density at radius 2 is 2.04 bits per heavy atom. The first-order valence-electron chi connectivity index (χ1n) is 9.04. The Morgan fingerprint density at radius 1 is 1.30 bits per heavy atom. The van der Waals surface area contributed by atoms with Gasteiger partial charge in [0.2, 0.25) is 5.91 Å². The Morgan fingerprint density at radius 3 is 2.74 bits per heavy atom. The lowest BCUT2D eigenvalue weighted by Crippen LogP contribution is -3.06. The van der Waals surface area contributed by atoms with Crippen LogP contribution in [0.25, 0.3) is 0 Å². The van der Waals surface area contributed by atoms with Crippen LogP contribution < -0.4 is 15.9 Å². The maximum Gasteiger partial charge on any atom is 0.349 e. The van der Waals surface area contributed by atoms with Gasteiger partial charge in [-0.15, -0.1) is 0 Å². The minimum atomic E-state index is -0.349. The molecule has 0 aliphatic heterocycles. The Bertz CT molecular complexity index is 881. The van der Waals surface area contributed by atoms with Gasteiger partial charge in [0.05, 0.1) is 32.9 Å². The van der Waals surface area contributed by atoms with Crippen molar-refractivity contribution in [3.8, 4) is 0 Å². The van der Waals surface area contributed by atoms with E-state index in [-0.39, 0.29) is 23.2 Å². The third-order valence-corrected chi connectivity index (χ3v) is 5.52. The van der Waals surface area contributed by atoms with Crippen LogP contribution >= 0.6 is 11.8 Å². The second kappa shape index (κ2) is 8.67. The van der Waals surface area contributed by atoms with Gasteiger partial charge in [-0.05, 0) is 43.5 Å². The number of halogens is 1. The summed E-state index contributed by atoms with van der Waals surface area (Å²) in [4.78, 5) is 30.2. The van der Waals surface area contributed by atoms with Crippen LogP contribution in [0.5, 0.6) is 0 Å². The molecule has 0 atom stereocenters. The monoisotopic (exact) mass is 391 g/mol. The van der Waals surface area contributed by atoms with Gasteiger partial charge in [-0.3, -0.25) is 9.36 Å². The van der Waals surface area contributed by atoms with Crippen molar-refractivity contribution in [2.24, 2.45) is 0 Å². The fourth-order valence-electron chi connectivity index (χ4n) is 3.14. The summed E-state index contributed by atoms with van der Waals surface area (Å²) in [6.07, 6.45) is 2.77. The lowest BCUT2D eigenvalue weighted by Gasteiger charge is -2.15. The number of nitrogens with one attached hydrogen (secondary N) is 2. The summed E-state index contributed by atoms with van der Waals surface area (Å²) in [7, 11) is 4.12. The van der Waals surface area contributed by atoms with Crippen LogP contribution in [-0.4, -0.2) is 41.9 Å². The summed E-state index contributed by atoms with van der Waals surface area (Å²) in [5.41, 5.74) is 2.47.